The van der Waals surface area contributed by atoms with Gasteiger partial charge in [0.2, 0.25) is 0 Å². The van der Waals surface area contributed by atoms with Gasteiger partial charge in [0.25, 0.3) is 0 Å². The van der Waals surface area contributed by atoms with Crippen molar-refractivity contribution in [2.75, 3.05) is 6.61 Å². The zero-order chi connectivity index (χ0) is 8.43. The molecule has 1 rings (SSSR count). The van der Waals surface area contributed by atoms with E-state index in [1.807, 2.05) is 13.8 Å². The smallest absolute Gasteiger partial charge is 0.309 e. The van der Waals surface area contributed by atoms with Crippen molar-refractivity contribution in [2.24, 2.45) is 11.8 Å². The van der Waals surface area contributed by atoms with Crippen LogP contribution in [0.3, 0.4) is 0 Å². The van der Waals surface area contributed by atoms with Crippen LogP contribution in [0.2, 0.25) is 0 Å². The van der Waals surface area contributed by atoms with Gasteiger partial charge in [-0.2, -0.15) is 0 Å². The van der Waals surface area contributed by atoms with Crippen LogP contribution in [-0.4, -0.2) is 23.8 Å². The van der Waals surface area contributed by atoms with Crippen molar-refractivity contribution in [3.63, 3.8) is 0 Å². The predicted octanol–water partition coefficient (Wildman–Crippen LogP) is 1.13. The number of hydrogen-bond donors (Lipinski definition) is 1. The molecular weight excluding hydrogens is 144 g/mol. The number of aliphatic carboxylic acids is 1. The maximum atomic E-state index is 10.6. The maximum absolute atomic E-state index is 10.6. The van der Waals surface area contributed by atoms with Crippen LogP contribution in [0.1, 0.15) is 20.3 Å². The Labute approximate surface area is 66.4 Å². The van der Waals surface area contributed by atoms with E-state index in [0.29, 0.717) is 18.9 Å². The molecule has 0 aliphatic carbocycles. The quantitative estimate of drug-likeness (QED) is 0.655. The van der Waals surface area contributed by atoms with E-state index in [1.165, 1.54) is 0 Å². The second-order valence-electron chi connectivity index (χ2n) is 3.31. The highest BCUT2D eigenvalue weighted by Crippen LogP contribution is 2.26. The topological polar surface area (TPSA) is 46.5 Å². The molecule has 0 aromatic carbocycles. The molecule has 0 saturated carbocycles. The van der Waals surface area contributed by atoms with Gasteiger partial charge in [-0.3, -0.25) is 4.79 Å². The summed E-state index contributed by atoms with van der Waals surface area (Å²) in [6.07, 6.45) is 0.588. The van der Waals surface area contributed by atoms with E-state index in [0.717, 1.165) is 0 Å². The molecule has 0 aromatic rings. The Kier molecular flexibility index (Phi) is 2.49. The third-order valence-electron chi connectivity index (χ3n) is 2.11. The lowest BCUT2D eigenvalue weighted by molar-refractivity contribution is -0.144. The first-order chi connectivity index (χ1) is 5.13. The summed E-state index contributed by atoms with van der Waals surface area (Å²) in [5, 5.41) is 8.75. The SMILES string of the molecule is CC(C)[C@@H]1OCC[C@@H]1C(=O)O. The third kappa shape index (κ3) is 1.71. The summed E-state index contributed by atoms with van der Waals surface area (Å²) in [4.78, 5) is 10.6. The van der Waals surface area contributed by atoms with Crippen molar-refractivity contribution in [3.8, 4) is 0 Å². The first kappa shape index (κ1) is 8.53. The Morgan fingerprint density at radius 2 is 2.27 bits per heavy atom. The highest BCUT2D eigenvalue weighted by Gasteiger charge is 2.35. The molecule has 0 spiro atoms. The van der Waals surface area contributed by atoms with E-state index >= 15 is 0 Å². The van der Waals surface area contributed by atoms with Crippen molar-refractivity contribution in [1.82, 2.24) is 0 Å². The number of carbonyl (C=O) groups is 1. The molecule has 1 N–H and O–H groups in total. The van der Waals surface area contributed by atoms with Gasteiger partial charge in [0, 0.05) is 6.61 Å². The molecular formula is C8H14O3. The minimum Gasteiger partial charge on any atom is -0.481 e. The second kappa shape index (κ2) is 3.22. The van der Waals surface area contributed by atoms with E-state index in [2.05, 4.69) is 0 Å². The van der Waals surface area contributed by atoms with E-state index < -0.39 is 5.97 Å². The number of ether oxygens (including phenoxy) is 1. The van der Waals surface area contributed by atoms with Gasteiger partial charge < -0.3 is 9.84 Å². The summed E-state index contributed by atoms with van der Waals surface area (Å²) >= 11 is 0. The van der Waals surface area contributed by atoms with Gasteiger partial charge >= 0.3 is 5.97 Å². The molecule has 1 aliphatic rings. The van der Waals surface area contributed by atoms with Crippen LogP contribution in [0.25, 0.3) is 0 Å². The van der Waals surface area contributed by atoms with Crippen LogP contribution in [0.4, 0.5) is 0 Å². The zero-order valence-corrected chi connectivity index (χ0v) is 6.91. The molecule has 1 saturated heterocycles. The number of rotatable bonds is 2. The Balaban J connectivity index is 2.58. The lowest BCUT2D eigenvalue weighted by atomic mass is 9.93. The molecule has 3 heteroatoms. The fourth-order valence-corrected chi connectivity index (χ4v) is 1.53. The molecule has 11 heavy (non-hydrogen) atoms. The fraction of sp³-hybridized carbons (Fsp3) is 0.875. The highest BCUT2D eigenvalue weighted by atomic mass is 16.5. The molecule has 1 heterocycles. The molecule has 3 nitrogen and oxygen atoms in total. The predicted molar refractivity (Wildman–Crippen MR) is 40.3 cm³/mol. The van der Waals surface area contributed by atoms with E-state index in [1.54, 1.807) is 0 Å². The molecule has 0 unspecified atom stereocenters. The van der Waals surface area contributed by atoms with Crippen LogP contribution >= 0.6 is 0 Å². The lowest BCUT2D eigenvalue weighted by Gasteiger charge is -2.18. The molecule has 1 aliphatic heterocycles. The Hall–Kier alpha value is -0.570. The van der Waals surface area contributed by atoms with Crippen LogP contribution in [0, 0.1) is 11.8 Å². The van der Waals surface area contributed by atoms with Gasteiger partial charge in [0.15, 0.2) is 0 Å². The van der Waals surface area contributed by atoms with Crippen molar-refractivity contribution in [2.45, 2.75) is 26.4 Å². The summed E-state index contributed by atoms with van der Waals surface area (Å²) < 4.78 is 5.31. The summed E-state index contributed by atoms with van der Waals surface area (Å²) in [5.41, 5.74) is 0. The highest BCUT2D eigenvalue weighted by molar-refractivity contribution is 5.71. The largest absolute Gasteiger partial charge is 0.481 e. The number of hydrogen-bond acceptors (Lipinski definition) is 2. The first-order valence-corrected chi connectivity index (χ1v) is 3.97. The molecule has 0 aromatic heterocycles. The second-order valence-corrected chi connectivity index (χ2v) is 3.31. The summed E-state index contributed by atoms with van der Waals surface area (Å²) in [6, 6.07) is 0. The normalized spacial score (nSPS) is 31.2. The zero-order valence-electron chi connectivity index (χ0n) is 6.91. The van der Waals surface area contributed by atoms with Gasteiger partial charge in [0.05, 0.1) is 12.0 Å². The van der Waals surface area contributed by atoms with E-state index in [4.69, 9.17) is 9.84 Å². The lowest BCUT2D eigenvalue weighted by Crippen LogP contribution is -2.28. The fourth-order valence-electron chi connectivity index (χ4n) is 1.53. The molecule has 0 bridgehead atoms. The number of carboxylic acids is 1. The van der Waals surface area contributed by atoms with Gasteiger partial charge in [0.1, 0.15) is 0 Å². The van der Waals surface area contributed by atoms with E-state index in [-0.39, 0.29) is 12.0 Å². The Morgan fingerprint density at radius 1 is 1.64 bits per heavy atom. The van der Waals surface area contributed by atoms with Gasteiger partial charge in [-0.25, -0.2) is 0 Å². The molecule has 0 amide bonds. The van der Waals surface area contributed by atoms with E-state index in [9.17, 15) is 4.79 Å². The minimum absolute atomic E-state index is 0.0764. The maximum Gasteiger partial charge on any atom is 0.309 e. The summed E-state index contributed by atoms with van der Waals surface area (Å²) in [6.45, 7) is 4.58. The average Bonchev–Trinajstić information content (AvgIpc) is 2.32. The summed E-state index contributed by atoms with van der Waals surface area (Å²) in [5.74, 6) is -0.699. The van der Waals surface area contributed by atoms with Crippen LogP contribution < -0.4 is 0 Å². The Bertz CT molecular complexity index is 153. The number of carboxylic acid groups (broad SMARTS) is 1. The van der Waals surface area contributed by atoms with Crippen molar-refractivity contribution in [3.05, 3.63) is 0 Å². The van der Waals surface area contributed by atoms with Crippen LogP contribution in [0.5, 0.6) is 0 Å². The van der Waals surface area contributed by atoms with Gasteiger partial charge in [-0.05, 0) is 12.3 Å². The molecule has 1 fully saturated rings. The van der Waals surface area contributed by atoms with Crippen molar-refractivity contribution >= 4 is 5.97 Å². The van der Waals surface area contributed by atoms with Gasteiger partial charge in [-0.15, -0.1) is 0 Å². The van der Waals surface area contributed by atoms with Gasteiger partial charge in [-0.1, -0.05) is 13.8 Å². The molecule has 0 radical (unpaired) electrons. The van der Waals surface area contributed by atoms with Crippen molar-refractivity contribution < 1.29 is 14.6 Å². The molecule has 64 valence electrons. The monoisotopic (exact) mass is 158 g/mol. The minimum atomic E-state index is -0.721. The van der Waals surface area contributed by atoms with Crippen LogP contribution in [0.15, 0.2) is 0 Å². The van der Waals surface area contributed by atoms with Crippen LogP contribution in [-0.2, 0) is 9.53 Å². The third-order valence-corrected chi connectivity index (χ3v) is 2.11. The molecule has 2 atom stereocenters. The standard InChI is InChI=1S/C8H14O3/c1-5(2)7-6(8(9)10)3-4-11-7/h5-7H,3-4H2,1-2H3,(H,9,10)/t6-,7-/m0/s1. The van der Waals surface area contributed by atoms with Crippen molar-refractivity contribution in [1.29, 1.82) is 0 Å². The summed E-state index contributed by atoms with van der Waals surface area (Å²) in [7, 11) is 0. The average molecular weight is 158 g/mol. The Morgan fingerprint density at radius 3 is 2.64 bits per heavy atom. The first-order valence-electron chi connectivity index (χ1n) is 3.97.